The van der Waals surface area contributed by atoms with Crippen LogP contribution in [0.4, 0.5) is 11.5 Å². The lowest BCUT2D eigenvalue weighted by Gasteiger charge is -2.26. The maximum absolute atomic E-state index is 12.9. The van der Waals surface area contributed by atoms with Crippen LogP contribution in [0.1, 0.15) is 52.4 Å². The van der Waals surface area contributed by atoms with Gasteiger partial charge in [0.05, 0.1) is 6.54 Å². The fourth-order valence-electron chi connectivity index (χ4n) is 3.27. The number of nitrogens with one attached hydrogen (secondary N) is 1. The second kappa shape index (κ2) is 9.56. The Morgan fingerprint density at radius 2 is 1.81 bits per heavy atom. The summed E-state index contributed by atoms with van der Waals surface area (Å²) in [7, 11) is 0. The number of carbonyl (C=O) groups is 1. The number of hydrogen-bond donors (Lipinski definition) is 2. The van der Waals surface area contributed by atoms with Gasteiger partial charge < -0.3 is 10.6 Å². The van der Waals surface area contributed by atoms with E-state index in [1.165, 1.54) is 9.47 Å². The van der Waals surface area contributed by atoms with E-state index in [2.05, 4.69) is 9.88 Å². The van der Waals surface area contributed by atoms with E-state index in [9.17, 15) is 14.4 Å². The van der Waals surface area contributed by atoms with E-state index >= 15 is 0 Å². The molecule has 1 aromatic rings. The van der Waals surface area contributed by atoms with Crippen LogP contribution in [0.3, 0.4) is 0 Å². The van der Waals surface area contributed by atoms with Crippen molar-refractivity contribution in [1.82, 2.24) is 14.5 Å². The van der Waals surface area contributed by atoms with Crippen molar-refractivity contribution < 1.29 is 4.79 Å². The molecule has 8 nitrogen and oxygen atoms in total. The molecule has 0 spiro atoms. The zero-order valence-corrected chi connectivity index (χ0v) is 15.9. The first-order chi connectivity index (χ1) is 12.5. The number of nitrogens with zero attached hydrogens (tertiary/aromatic N) is 3. The zero-order valence-electron chi connectivity index (χ0n) is 15.9. The van der Waals surface area contributed by atoms with Gasteiger partial charge in [0.25, 0.3) is 5.56 Å². The highest BCUT2D eigenvalue weighted by Gasteiger charge is 2.26. The SMILES string of the molecule is CCCCN(C(=O)CN1CCCC1)c1c(N)n(CCCC)c(=O)[nH]c1=O. The summed E-state index contributed by atoms with van der Waals surface area (Å²) in [5.74, 6) is -0.0590. The lowest BCUT2D eigenvalue weighted by molar-refractivity contribution is -0.119. The lowest BCUT2D eigenvalue weighted by Crippen LogP contribution is -2.45. The molecule has 1 aliphatic heterocycles. The van der Waals surface area contributed by atoms with Gasteiger partial charge in [0.15, 0.2) is 5.69 Å². The van der Waals surface area contributed by atoms with Gasteiger partial charge in [0.2, 0.25) is 5.91 Å². The largest absolute Gasteiger partial charge is 0.383 e. The van der Waals surface area contributed by atoms with Crippen LogP contribution in [-0.2, 0) is 11.3 Å². The second-order valence-electron chi connectivity index (χ2n) is 6.88. The summed E-state index contributed by atoms with van der Waals surface area (Å²) in [6.45, 7) is 6.95. The molecular formula is C18H31N5O3. The van der Waals surface area contributed by atoms with Crippen LogP contribution < -0.4 is 21.9 Å². The number of hydrogen-bond acceptors (Lipinski definition) is 5. The Balaban J connectivity index is 2.37. The van der Waals surface area contributed by atoms with Gasteiger partial charge in [-0.3, -0.25) is 24.0 Å². The Kier molecular flexibility index (Phi) is 7.44. The Hall–Kier alpha value is -2.09. The molecule has 1 aliphatic rings. The highest BCUT2D eigenvalue weighted by atomic mass is 16.2. The highest BCUT2D eigenvalue weighted by molar-refractivity contribution is 5.96. The maximum atomic E-state index is 12.9. The number of H-pyrrole nitrogens is 1. The molecular weight excluding hydrogens is 334 g/mol. The van der Waals surface area contributed by atoms with Crippen molar-refractivity contribution >= 4 is 17.4 Å². The van der Waals surface area contributed by atoms with E-state index in [0.29, 0.717) is 13.1 Å². The normalized spacial score (nSPS) is 14.7. The number of aromatic nitrogens is 2. The third-order valence-electron chi connectivity index (χ3n) is 4.81. The average Bonchev–Trinajstić information content (AvgIpc) is 3.10. The first-order valence-electron chi connectivity index (χ1n) is 9.64. The summed E-state index contributed by atoms with van der Waals surface area (Å²) in [6.07, 6.45) is 5.50. The minimum atomic E-state index is -0.592. The molecule has 0 bridgehead atoms. The van der Waals surface area contributed by atoms with Crippen LogP contribution in [0.15, 0.2) is 9.59 Å². The topological polar surface area (TPSA) is 104 Å². The van der Waals surface area contributed by atoms with Gasteiger partial charge in [-0.2, -0.15) is 0 Å². The Bertz CT molecular complexity index is 719. The second-order valence-corrected chi connectivity index (χ2v) is 6.88. The number of aromatic amines is 1. The van der Waals surface area contributed by atoms with Crippen LogP contribution in [0.25, 0.3) is 0 Å². The van der Waals surface area contributed by atoms with E-state index < -0.39 is 11.2 Å². The van der Waals surface area contributed by atoms with E-state index in [4.69, 9.17) is 5.73 Å². The fraction of sp³-hybridized carbons (Fsp3) is 0.722. The van der Waals surface area contributed by atoms with Crippen molar-refractivity contribution in [2.24, 2.45) is 0 Å². The number of carbonyl (C=O) groups excluding carboxylic acids is 1. The van der Waals surface area contributed by atoms with Gasteiger partial charge in [-0.25, -0.2) is 4.79 Å². The van der Waals surface area contributed by atoms with E-state index in [-0.39, 0.29) is 24.0 Å². The third-order valence-corrected chi connectivity index (χ3v) is 4.81. The van der Waals surface area contributed by atoms with E-state index in [1.54, 1.807) is 0 Å². The molecule has 0 atom stereocenters. The molecule has 0 aliphatic carbocycles. The summed E-state index contributed by atoms with van der Waals surface area (Å²) in [5.41, 5.74) is 5.18. The quantitative estimate of drug-likeness (QED) is 0.683. The molecule has 0 saturated carbocycles. The van der Waals surface area contributed by atoms with Crippen molar-refractivity contribution in [1.29, 1.82) is 0 Å². The molecule has 1 aromatic heterocycles. The van der Waals surface area contributed by atoms with E-state index in [1.807, 2.05) is 13.8 Å². The fourth-order valence-corrected chi connectivity index (χ4v) is 3.27. The van der Waals surface area contributed by atoms with Crippen LogP contribution in [0, 0.1) is 0 Å². The molecule has 1 saturated heterocycles. The molecule has 2 heterocycles. The molecule has 0 unspecified atom stereocenters. The number of likely N-dealkylation sites (tertiary alicyclic amines) is 1. The highest BCUT2D eigenvalue weighted by Crippen LogP contribution is 2.19. The predicted octanol–water partition coefficient (Wildman–Crippen LogP) is 1.15. The van der Waals surface area contributed by atoms with Gasteiger partial charge in [-0.05, 0) is 38.8 Å². The summed E-state index contributed by atoms with van der Waals surface area (Å²) in [5, 5.41) is 0. The van der Waals surface area contributed by atoms with Crippen LogP contribution in [-0.4, -0.2) is 46.5 Å². The third kappa shape index (κ3) is 4.75. The van der Waals surface area contributed by atoms with Gasteiger partial charge in [0, 0.05) is 13.1 Å². The summed E-state index contributed by atoms with van der Waals surface area (Å²) < 4.78 is 1.36. The lowest BCUT2D eigenvalue weighted by atomic mass is 10.2. The average molecular weight is 365 g/mol. The maximum Gasteiger partial charge on any atom is 0.330 e. The smallest absolute Gasteiger partial charge is 0.330 e. The van der Waals surface area contributed by atoms with Gasteiger partial charge in [0.1, 0.15) is 5.82 Å². The molecule has 146 valence electrons. The van der Waals surface area contributed by atoms with Crippen LogP contribution in [0.5, 0.6) is 0 Å². The molecule has 2 rings (SSSR count). The van der Waals surface area contributed by atoms with Gasteiger partial charge in [-0.1, -0.05) is 26.7 Å². The van der Waals surface area contributed by atoms with Crippen molar-refractivity contribution in [3.05, 3.63) is 20.8 Å². The summed E-state index contributed by atoms with van der Waals surface area (Å²) in [4.78, 5) is 43.4. The van der Waals surface area contributed by atoms with Gasteiger partial charge >= 0.3 is 5.69 Å². The Labute approximate surface area is 154 Å². The standard InChI is InChI=1S/C18H31N5O3/c1-3-5-11-22(14(24)13-21-9-7-8-10-21)15-16(19)23(12-6-4-2)18(26)20-17(15)25/h3-13,19H2,1-2H3,(H,20,25,26). The van der Waals surface area contributed by atoms with Crippen molar-refractivity contribution in [2.45, 2.75) is 58.9 Å². The molecule has 26 heavy (non-hydrogen) atoms. The van der Waals surface area contributed by atoms with Crippen LogP contribution in [0.2, 0.25) is 0 Å². The first-order valence-corrected chi connectivity index (χ1v) is 9.64. The number of unbranched alkanes of at least 4 members (excludes halogenated alkanes) is 2. The predicted molar refractivity (Wildman–Crippen MR) is 104 cm³/mol. The van der Waals surface area contributed by atoms with Crippen LogP contribution >= 0.6 is 0 Å². The number of amides is 1. The Morgan fingerprint density at radius 3 is 2.42 bits per heavy atom. The number of rotatable bonds is 9. The Morgan fingerprint density at radius 1 is 1.15 bits per heavy atom. The number of nitrogens with two attached hydrogens (primary N) is 1. The minimum absolute atomic E-state index is 0.0816. The van der Waals surface area contributed by atoms with Crippen molar-refractivity contribution in [3.63, 3.8) is 0 Å². The minimum Gasteiger partial charge on any atom is -0.383 e. The molecule has 3 N–H and O–H groups in total. The summed E-state index contributed by atoms with van der Waals surface area (Å²) >= 11 is 0. The molecule has 1 fully saturated rings. The van der Waals surface area contributed by atoms with Crippen molar-refractivity contribution in [2.75, 3.05) is 36.8 Å². The molecule has 8 heteroatoms. The zero-order chi connectivity index (χ0) is 19.1. The number of nitrogen functional groups attached to an aromatic ring is 1. The molecule has 1 amide bonds. The first kappa shape index (κ1) is 20.2. The number of anilines is 2. The van der Waals surface area contributed by atoms with E-state index in [0.717, 1.165) is 51.6 Å². The monoisotopic (exact) mass is 365 g/mol. The summed E-state index contributed by atoms with van der Waals surface area (Å²) in [6, 6.07) is 0. The van der Waals surface area contributed by atoms with Crippen molar-refractivity contribution in [3.8, 4) is 0 Å². The van der Waals surface area contributed by atoms with Gasteiger partial charge in [-0.15, -0.1) is 0 Å². The molecule has 0 radical (unpaired) electrons. The molecule has 0 aromatic carbocycles.